The molecule has 0 saturated carbocycles. The van der Waals surface area contributed by atoms with Crippen molar-refractivity contribution in [1.29, 1.82) is 0 Å². The van der Waals surface area contributed by atoms with Crippen molar-refractivity contribution in [1.82, 2.24) is 4.90 Å². The molecule has 0 spiro atoms. The molecule has 0 aliphatic carbocycles. The zero-order chi connectivity index (χ0) is 16.2. The fraction of sp³-hybridized carbons (Fsp3) is 0.625. The standard InChI is InChI=1S/C16H25NO4S/c1-4-8-17(9-5-2)11-13-12-20-15-7-6-14(22(3,18)19)10-16(15)21-13/h6-7,10,13H,4-5,8-9,11-12H2,1-3H3. The van der Waals surface area contributed by atoms with Crippen LogP contribution in [0.3, 0.4) is 0 Å². The first-order valence-corrected chi connectivity index (χ1v) is 9.69. The lowest BCUT2D eigenvalue weighted by Crippen LogP contribution is -2.41. The van der Waals surface area contributed by atoms with E-state index in [9.17, 15) is 8.42 Å². The van der Waals surface area contributed by atoms with Crippen molar-refractivity contribution in [2.24, 2.45) is 0 Å². The van der Waals surface area contributed by atoms with Crippen LogP contribution in [0.4, 0.5) is 0 Å². The van der Waals surface area contributed by atoms with Gasteiger partial charge in [-0.3, -0.25) is 4.90 Å². The molecule has 0 amide bonds. The van der Waals surface area contributed by atoms with Crippen LogP contribution in [-0.4, -0.2) is 51.9 Å². The van der Waals surface area contributed by atoms with Gasteiger partial charge in [-0.15, -0.1) is 0 Å². The molecule has 1 aliphatic heterocycles. The summed E-state index contributed by atoms with van der Waals surface area (Å²) in [6.45, 7) is 7.68. The molecule has 1 heterocycles. The summed E-state index contributed by atoms with van der Waals surface area (Å²) in [7, 11) is -3.24. The van der Waals surface area contributed by atoms with Crippen molar-refractivity contribution in [3.63, 3.8) is 0 Å². The monoisotopic (exact) mass is 327 g/mol. The molecule has 6 heteroatoms. The number of nitrogens with zero attached hydrogens (tertiary/aromatic N) is 1. The summed E-state index contributed by atoms with van der Waals surface area (Å²) in [4.78, 5) is 2.62. The SMILES string of the molecule is CCCN(CCC)CC1COc2ccc(S(C)(=O)=O)cc2O1. The first-order chi connectivity index (χ1) is 10.4. The molecule has 0 bridgehead atoms. The fourth-order valence-electron chi connectivity index (χ4n) is 2.63. The molecule has 124 valence electrons. The molecule has 1 aliphatic rings. The second kappa shape index (κ2) is 7.33. The summed E-state index contributed by atoms with van der Waals surface area (Å²) >= 11 is 0. The minimum Gasteiger partial charge on any atom is -0.486 e. The molecular formula is C16H25NO4S. The third-order valence-corrected chi connectivity index (χ3v) is 4.71. The van der Waals surface area contributed by atoms with E-state index >= 15 is 0 Å². The highest BCUT2D eigenvalue weighted by atomic mass is 32.2. The van der Waals surface area contributed by atoms with Crippen molar-refractivity contribution < 1.29 is 17.9 Å². The maximum atomic E-state index is 11.6. The number of fused-ring (bicyclic) bond motifs is 1. The Morgan fingerprint density at radius 3 is 2.45 bits per heavy atom. The van der Waals surface area contributed by atoms with Gasteiger partial charge in [-0.25, -0.2) is 8.42 Å². The molecular weight excluding hydrogens is 302 g/mol. The Morgan fingerprint density at radius 1 is 1.18 bits per heavy atom. The number of ether oxygens (including phenoxy) is 2. The third kappa shape index (κ3) is 4.36. The van der Waals surface area contributed by atoms with E-state index in [0.717, 1.165) is 32.5 Å². The molecule has 1 aromatic rings. The Hall–Kier alpha value is -1.27. The summed E-state index contributed by atoms with van der Waals surface area (Å²) in [5, 5.41) is 0. The quantitative estimate of drug-likeness (QED) is 0.769. The molecule has 0 saturated heterocycles. The van der Waals surface area contributed by atoms with Crippen molar-refractivity contribution in [3.05, 3.63) is 18.2 Å². The average molecular weight is 327 g/mol. The maximum Gasteiger partial charge on any atom is 0.175 e. The topological polar surface area (TPSA) is 55.8 Å². The van der Waals surface area contributed by atoms with Crippen LogP contribution >= 0.6 is 0 Å². The number of rotatable bonds is 7. The van der Waals surface area contributed by atoms with Crippen LogP contribution < -0.4 is 9.47 Å². The average Bonchev–Trinajstić information content (AvgIpc) is 2.46. The van der Waals surface area contributed by atoms with Crippen molar-refractivity contribution in [2.75, 3.05) is 32.5 Å². The molecule has 2 rings (SSSR count). The van der Waals surface area contributed by atoms with E-state index in [0.29, 0.717) is 18.1 Å². The van der Waals surface area contributed by atoms with Gasteiger partial charge in [0.2, 0.25) is 0 Å². The zero-order valence-corrected chi connectivity index (χ0v) is 14.4. The second-order valence-electron chi connectivity index (χ2n) is 5.73. The minimum absolute atomic E-state index is 0.0691. The lowest BCUT2D eigenvalue weighted by atomic mass is 10.2. The largest absolute Gasteiger partial charge is 0.486 e. The molecule has 1 aromatic carbocycles. The van der Waals surface area contributed by atoms with Crippen LogP contribution in [0.2, 0.25) is 0 Å². The lowest BCUT2D eigenvalue weighted by molar-refractivity contribution is 0.0583. The Kier molecular flexibility index (Phi) is 5.69. The Morgan fingerprint density at radius 2 is 1.86 bits per heavy atom. The molecule has 1 atom stereocenters. The highest BCUT2D eigenvalue weighted by Gasteiger charge is 2.24. The molecule has 0 radical (unpaired) electrons. The summed E-state index contributed by atoms with van der Waals surface area (Å²) in [5.41, 5.74) is 0. The summed E-state index contributed by atoms with van der Waals surface area (Å²) < 4.78 is 35.0. The Labute approximate surface area is 133 Å². The fourth-order valence-corrected chi connectivity index (χ4v) is 3.27. The Balaban J connectivity index is 2.09. The first kappa shape index (κ1) is 17.1. The van der Waals surface area contributed by atoms with Gasteiger partial charge in [0.1, 0.15) is 12.7 Å². The van der Waals surface area contributed by atoms with Gasteiger partial charge in [0.25, 0.3) is 0 Å². The minimum atomic E-state index is -3.24. The van der Waals surface area contributed by atoms with E-state index in [2.05, 4.69) is 18.7 Å². The van der Waals surface area contributed by atoms with Gasteiger partial charge in [-0.05, 0) is 38.1 Å². The molecule has 5 nitrogen and oxygen atoms in total. The van der Waals surface area contributed by atoms with Crippen LogP contribution in [0, 0.1) is 0 Å². The molecule has 0 aromatic heterocycles. The van der Waals surface area contributed by atoms with E-state index in [1.54, 1.807) is 18.2 Å². The van der Waals surface area contributed by atoms with Crippen LogP contribution in [-0.2, 0) is 9.84 Å². The van der Waals surface area contributed by atoms with Crippen molar-refractivity contribution in [2.45, 2.75) is 37.7 Å². The number of benzene rings is 1. The predicted molar refractivity (Wildman–Crippen MR) is 86.5 cm³/mol. The van der Waals surface area contributed by atoms with Gasteiger partial charge in [0.15, 0.2) is 21.3 Å². The van der Waals surface area contributed by atoms with E-state index in [1.807, 2.05) is 0 Å². The van der Waals surface area contributed by atoms with Crippen LogP contribution in [0.15, 0.2) is 23.1 Å². The lowest BCUT2D eigenvalue weighted by Gasteiger charge is -2.31. The van der Waals surface area contributed by atoms with E-state index < -0.39 is 9.84 Å². The molecule has 0 N–H and O–H groups in total. The van der Waals surface area contributed by atoms with Gasteiger partial charge >= 0.3 is 0 Å². The van der Waals surface area contributed by atoms with Gasteiger partial charge in [0, 0.05) is 18.9 Å². The number of sulfone groups is 1. The van der Waals surface area contributed by atoms with Crippen LogP contribution in [0.25, 0.3) is 0 Å². The Bertz CT molecular complexity index is 594. The van der Waals surface area contributed by atoms with Gasteiger partial charge in [-0.1, -0.05) is 13.8 Å². The van der Waals surface area contributed by atoms with Crippen molar-refractivity contribution in [3.8, 4) is 11.5 Å². The van der Waals surface area contributed by atoms with Crippen molar-refractivity contribution >= 4 is 9.84 Å². The zero-order valence-electron chi connectivity index (χ0n) is 13.5. The van der Waals surface area contributed by atoms with Gasteiger partial charge in [-0.2, -0.15) is 0 Å². The normalized spacial score (nSPS) is 17.7. The smallest absolute Gasteiger partial charge is 0.175 e. The second-order valence-corrected chi connectivity index (χ2v) is 7.75. The van der Waals surface area contributed by atoms with E-state index in [-0.39, 0.29) is 11.0 Å². The van der Waals surface area contributed by atoms with E-state index in [1.165, 1.54) is 6.26 Å². The molecule has 22 heavy (non-hydrogen) atoms. The highest BCUT2D eigenvalue weighted by Crippen LogP contribution is 2.34. The summed E-state index contributed by atoms with van der Waals surface area (Å²) in [6.07, 6.45) is 3.32. The van der Waals surface area contributed by atoms with Crippen LogP contribution in [0.1, 0.15) is 26.7 Å². The van der Waals surface area contributed by atoms with E-state index in [4.69, 9.17) is 9.47 Å². The van der Waals surface area contributed by atoms with Crippen LogP contribution in [0.5, 0.6) is 11.5 Å². The summed E-state index contributed by atoms with van der Waals surface area (Å²) in [5.74, 6) is 1.13. The summed E-state index contributed by atoms with van der Waals surface area (Å²) in [6, 6.07) is 4.77. The van der Waals surface area contributed by atoms with Gasteiger partial charge < -0.3 is 9.47 Å². The van der Waals surface area contributed by atoms with Gasteiger partial charge in [0.05, 0.1) is 4.90 Å². The number of hydrogen-bond donors (Lipinski definition) is 0. The highest BCUT2D eigenvalue weighted by molar-refractivity contribution is 7.90. The molecule has 1 unspecified atom stereocenters. The first-order valence-electron chi connectivity index (χ1n) is 7.80. The number of hydrogen-bond acceptors (Lipinski definition) is 5. The third-order valence-electron chi connectivity index (χ3n) is 3.60. The molecule has 0 fully saturated rings. The predicted octanol–water partition coefficient (Wildman–Crippen LogP) is 2.35. The maximum absolute atomic E-state index is 11.6.